The highest BCUT2D eigenvalue weighted by Crippen LogP contribution is 2.41. The second-order valence-corrected chi connectivity index (χ2v) is 4.74. The minimum Gasteiger partial charge on any atom is -0.394 e. The highest BCUT2D eigenvalue weighted by atomic mass is 19.1. The van der Waals surface area contributed by atoms with Gasteiger partial charge in [-0.1, -0.05) is 0 Å². The van der Waals surface area contributed by atoms with Crippen molar-refractivity contribution in [2.75, 3.05) is 12.3 Å². The number of aliphatic hydroxyl groups excluding tert-OH is 2. The van der Waals surface area contributed by atoms with E-state index in [4.69, 9.17) is 15.6 Å². The number of nitrogens with zero attached hydrogens (tertiary/aromatic N) is 4. The molecule has 0 aromatic carbocycles. The first kappa shape index (κ1) is 13.7. The van der Waals surface area contributed by atoms with Crippen molar-refractivity contribution >= 4 is 11.3 Å². The van der Waals surface area contributed by atoms with E-state index in [-0.39, 0.29) is 11.5 Å². The van der Waals surface area contributed by atoms with Crippen LogP contribution in [0, 0.1) is 11.3 Å². The summed E-state index contributed by atoms with van der Waals surface area (Å²) < 4.78 is 21.0. The van der Waals surface area contributed by atoms with E-state index >= 15 is 0 Å². The SMILES string of the molecule is N#C[C@@]1(c2ccc3c(N)ncnn23)O[C@H](CO)[C@@H](O)[C@H]1F. The van der Waals surface area contributed by atoms with Crippen LogP contribution in [0.5, 0.6) is 0 Å². The number of rotatable bonds is 2. The third-order valence-electron chi connectivity index (χ3n) is 3.61. The van der Waals surface area contributed by atoms with E-state index in [2.05, 4.69) is 10.1 Å². The van der Waals surface area contributed by atoms with E-state index in [0.717, 1.165) is 0 Å². The molecule has 1 saturated heterocycles. The molecule has 0 unspecified atom stereocenters. The third-order valence-corrected chi connectivity index (χ3v) is 3.61. The van der Waals surface area contributed by atoms with E-state index < -0.39 is 30.6 Å². The number of hydrogen-bond donors (Lipinski definition) is 3. The maximum Gasteiger partial charge on any atom is 0.231 e. The fraction of sp³-hybridized carbons (Fsp3) is 0.417. The molecular weight excluding hydrogens is 281 g/mol. The predicted molar refractivity (Wildman–Crippen MR) is 67.6 cm³/mol. The molecule has 0 bridgehead atoms. The van der Waals surface area contributed by atoms with E-state index in [9.17, 15) is 14.8 Å². The molecule has 4 atom stereocenters. The highest BCUT2D eigenvalue weighted by molar-refractivity contribution is 5.66. The first-order valence-electron chi connectivity index (χ1n) is 6.16. The Morgan fingerprint density at radius 1 is 1.57 bits per heavy atom. The summed E-state index contributed by atoms with van der Waals surface area (Å²) >= 11 is 0. The minimum atomic E-state index is -2.07. The summed E-state index contributed by atoms with van der Waals surface area (Å²) in [7, 11) is 0. The van der Waals surface area contributed by atoms with Crippen molar-refractivity contribution in [1.82, 2.24) is 14.6 Å². The lowest BCUT2D eigenvalue weighted by Gasteiger charge is -2.22. The van der Waals surface area contributed by atoms with Gasteiger partial charge in [-0.15, -0.1) is 0 Å². The number of nitriles is 1. The molecular formula is C12H12FN5O3. The Balaban J connectivity index is 2.20. The highest BCUT2D eigenvalue weighted by Gasteiger charge is 2.58. The van der Waals surface area contributed by atoms with Gasteiger partial charge in [0.1, 0.15) is 30.1 Å². The van der Waals surface area contributed by atoms with Gasteiger partial charge < -0.3 is 20.7 Å². The van der Waals surface area contributed by atoms with Gasteiger partial charge in [0.2, 0.25) is 5.60 Å². The van der Waals surface area contributed by atoms with Gasteiger partial charge in [0.25, 0.3) is 0 Å². The number of aromatic nitrogens is 3. The lowest BCUT2D eigenvalue weighted by atomic mass is 9.94. The molecule has 3 heterocycles. The molecule has 4 N–H and O–H groups in total. The van der Waals surface area contributed by atoms with E-state index in [1.807, 2.05) is 0 Å². The van der Waals surface area contributed by atoms with Crippen LogP contribution < -0.4 is 5.73 Å². The molecule has 1 fully saturated rings. The molecule has 2 aromatic heterocycles. The molecule has 0 aliphatic carbocycles. The van der Waals surface area contributed by atoms with Crippen LogP contribution in [0.15, 0.2) is 18.5 Å². The molecule has 3 rings (SSSR count). The Morgan fingerprint density at radius 2 is 2.33 bits per heavy atom. The third kappa shape index (κ3) is 1.70. The van der Waals surface area contributed by atoms with Crippen molar-refractivity contribution in [2.45, 2.75) is 24.0 Å². The van der Waals surface area contributed by atoms with E-state index in [1.165, 1.54) is 23.0 Å². The van der Waals surface area contributed by atoms with Crippen LogP contribution in [-0.2, 0) is 10.3 Å². The lowest BCUT2D eigenvalue weighted by Crippen LogP contribution is -2.37. The lowest BCUT2D eigenvalue weighted by molar-refractivity contribution is -0.0566. The first-order valence-corrected chi connectivity index (χ1v) is 6.16. The maximum absolute atomic E-state index is 14.5. The normalized spacial score (nSPS) is 32.4. The molecule has 9 heteroatoms. The zero-order valence-corrected chi connectivity index (χ0v) is 10.7. The van der Waals surface area contributed by atoms with Crippen LogP contribution in [0.25, 0.3) is 5.52 Å². The zero-order chi connectivity index (χ0) is 15.2. The summed E-state index contributed by atoms with van der Waals surface area (Å²) in [6.07, 6.45) is -3.67. The smallest absolute Gasteiger partial charge is 0.231 e. The molecule has 110 valence electrons. The van der Waals surface area contributed by atoms with Gasteiger partial charge in [-0.2, -0.15) is 10.4 Å². The van der Waals surface area contributed by atoms with Crippen LogP contribution in [0.3, 0.4) is 0 Å². The number of nitrogen functional groups attached to an aromatic ring is 1. The molecule has 0 spiro atoms. The average molecular weight is 293 g/mol. The molecule has 2 aromatic rings. The number of halogens is 1. The summed E-state index contributed by atoms with van der Waals surface area (Å²) in [6, 6.07) is 4.70. The number of aliphatic hydroxyl groups is 2. The molecule has 0 saturated carbocycles. The minimum absolute atomic E-state index is 0.0802. The Bertz CT molecular complexity index is 729. The standard InChI is InChI=1S/C12H12FN5O3/c13-10-9(20)7(3-19)21-12(10,4-14)8-2-1-6-11(15)16-5-17-18(6)8/h1-2,5,7,9-10,19-20H,3H2,(H2,15,16,17)/t7-,9-,10-,12+/m1/s1. The summed E-state index contributed by atoms with van der Waals surface area (Å²) in [4.78, 5) is 3.80. The Morgan fingerprint density at radius 3 is 2.95 bits per heavy atom. The second-order valence-electron chi connectivity index (χ2n) is 4.74. The van der Waals surface area contributed by atoms with Crippen LogP contribution in [-0.4, -0.2) is 49.8 Å². The van der Waals surface area contributed by atoms with Crippen molar-refractivity contribution in [3.05, 3.63) is 24.2 Å². The first-order chi connectivity index (χ1) is 10.0. The fourth-order valence-corrected chi connectivity index (χ4v) is 2.53. The molecule has 8 nitrogen and oxygen atoms in total. The number of anilines is 1. The van der Waals surface area contributed by atoms with Gasteiger partial charge in [0.05, 0.1) is 12.3 Å². The predicted octanol–water partition coefficient (Wildman–Crippen LogP) is -0.880. The largest absolute Gasteiger partial charge is 0.394 e. The Labute approximate surface area is 118 Å². The van der Waals surface area contributed by atoms with Crippen molar-refractivity contribution < 1.29 is 19.3 Å². The summed E-state index contributed by atoms with van der Waals surface area (Å²) in [5.41, 5.74) is 4.09. The quantitative estimate of drug-likeness (QED) is 0.655. The van der Waals surface area contributed by atoms with Gasteiger partial charge in [0, 0.05) is 0 Å². The molecule has 21 heavy (non-hydrogen) atoms. The number of ether oxygens (including phenoxy) is 1. The van der Waals surface area contributed by atoms with Crippen LogP contribution in [0.1, 0.15) is 5.69 Å². The fourth-order valence-electron chi connectivity index (χ4n) is 2.53. The Kier molecular flexibility index (Phi) is 3.02. The summed E-state index contributed by atoms with van der Waals surface area (Å²) in [5, 5.41) is 32.3. The molecule has 0 amide bonds. The summed E-state index contributed by atoms with van der Waals surface area (Å²) in [5.74, 6) is 0.164. The van der Waals surface area contributed by atoms with Crippen molar-refractivity contribution in [2.24, 2.45) is 0 Å². The van der Waals surface area contributed by atoms with Crippen LogP contribution >= 0.6 is 0 Å². The molecule has 0 radical (unpaired) electrons. The van der Waals surface area contributed by atoms with E-state index in [1.54, 1.807) is 6.07 Å². The van der Waals surface area contributed by atoms with Gasteiger partial charge in [0.15, 0.2) is 12.0 Å². The maximum atomic E-state index is 14.5. The summed E-state index contributed by atoms with van der Waals surface area (Å²) in [6.45, 7) is -0.606. The van der Waals surface area contributed by atoms with Crippen LogP contribution in [0.2, 0.25) is 0 Å². The van der Waals surface area contributed by atoms with Crippen molar-refractivity contribution in [3.63, 3.8) is 0 Å². The zero-order valence-electron chi connectivity index (χ0n) is 10.7. The van der Waals surface area contributed by atoms with E-state index in [0.29, 0.717) is 5.52 Å². The number of nitrogens with two attached hydrogens (primary N) is 1. The van der Waals surface area contributed by atoms with Gasteiger partial charge >= 0.3 is 0 Å². The second kappa shape index (κ2) is 4.63. The topological polar surface area (TPSA) is 130 Å². The van der Waals surface area contributed by atoms with Gasteiger partial charge in [-0.3, -0.25) is 0 Å². The Hall–Kier alpha value is -2.28. The number of hydrogen-bond acceptors (Lipinski definition) is 7. The number of alkyl halides is 1. The number of fused-ring (bicyclic) bond motifs is 1. The molecule has 1 aliphatic rings. The monoisotopic (exact) mass is 293 g/mol. The average Bonchev–Trinajstić information content (AvgIpc) is 3.03. The van der Waals surface area contributed by atoms with Crippen molar-refractivity contribution in [1.29, 1.82) is 5.26 Å². The van der Waals surface area contributed by atoms with Crippen LogP contribution in [0.4, 0.5) is 10.2 Å². The van der Waals surface area contributed by atoms with Crippen molar-refractivity contribution in [3.8, 4) is 6.07 Å². The van der Waals surface area contributed by atoms with Gasteiger partial charge in [-0.25, -0.2) is 13.9 Å². The molecule has 1 aliphatic heterocycles. The van der Waals surface area contributed by atoms with Gasteiger partial charge in [-0.05, 0) is 12.1 Å².